The highest BCUT2D eigenvalue weighted by Crippen LogP contribution is 2.29. The summed E-state index contributed by atoms with van der Waals surface area (Å²) < 4.78 is 23.0. The van der Waals surface area contributed by atoms with E-state index >= 15 is 0 Å². The Labute approximate surface area is 426 Å². The third kappa shape index (κ3) is 21.8. The molecule has 5 aromatic carbocycles. The molecule has 0 fully saturated rings. The zero-order valence-corrected chi connectivity index (χ0v) is 43.2. The molecule has 0 spiro atoms. The van der Waals surface area contributed by atoms with Crippen LogP contribution in [-0.4, -0.2) is 35.4 Å². The second-order valence-corrected chi connectivity index (χ2v) is 20.0. The predicted molar refractivity (Wildman–Crippen MR) is 286 cm³/mol. The maximum atomic E-state index is 13.1. The van der Waals surface area contributed by atoms with Crippen LogP contribution in [0.3, 0.4) is 0 Å². The Morgan fingerprint density at radius 3 is 0.971 bits per heavy atom. The third-order valence-corrected chi connectivity index (χ3v) is 13.9. The normalized spacial score (nSPS) is 11.0. The summed E-state index contributed by atoms with van der Waals surface area (Å²) >= 11 is 2.17. The number of thioether (sulfide) groups is 2. The zero-order chi connectivity index (χ0) is 49.4. The summed E-state index contributed by atoms with van der Waals surface area (Å²) in [4.78, 5) is 53.6. The van der Waals surface area contributed by atoms with Crippen molar-refractivity contribution in [1.29, 1.82) is 0 Å². The molecule has 70 heavy (non-hydrogen) atoms. The minimum atomic E-state index is -0.648. The van der Waals surface area contributed by atoms with Crippen LogP contribution in [0.5, 0.6) is 23.0 Å². The molecule has 5 rings (SSSR count). The summed E-state index contributed by atoms with van der Waals surface area (Å²) in [6.45, 7) is 5.85. The van der Waals surface area contributed by atoms with E-state index in [0.717, 1.165) is 47.9 Å². The summed E-state index contributed by atoms with van der Waals surface area (Å²) in [7, 11) is 0. The average Bonchev–Trinajstić information content (AvgIpc) is 3.38. The molecular formula is C60H74O8S2. The standard InChI is InChI=1S/C60H74O8S2/c1-3-5-7-9-11-13-15-17-19-21-23-44-65-51-32-28-47(29-33-51)59(63)69-55-40-36-53(37-41-55)67-57(61)49-26-25-27-50(46-49)58(62)68-54-38-42-56(43-39-54)70-60(64)48-30-34-52(35-31-48)66-45-24-22-20-18-16-14-12-10-8-6-4-2/h25-43,46H,3-24,44-45H2,1-2H3. The van der Waals surface area contributed by atoms with Crippen molar-refractivity contribution in [3.05, 3.63) is 144 Å². The maximum Gasteiger partial charge on any atom is 0.343 e. The van der Waals surface area contributed by atoms with Gasteiger partial charge in [0.05, 0.1) is 24.3 Å². The zero-order valence-electron chi connectivity index (χ0n) is 41.6. The number of hydrogen-bond acceptors (Lipinski definition) is 10. The van der Waals surface area contributed by atoms with Gasteiger partial charge in [0.25, 0.3) is 0 Å². The molecule has 10 heteroatoms. The molecule has 374 valence electrons. The van der Waals surface area contributed by atoms with Crippen molar-refractivity contribution in [2.45, 2.75) is 165 Å². The first-order chi connectivity index (χ1) is 34.3. The third-order valence-electron chi connectivity index (χ3n) is 12.0. The molecule has 0 aliphatic rings. The number of ether oxygens (including phenoxy) is 4. The van der Waals surface area contributed by atoms with E-state index in [1.807, 2.05) is 24.3 Å². The smallest absolute Gasteiger partial charge is 0.343 e. The van der Waals surface area contributed by atoms with Gasteiger partial charge in [-0.25, -0.2) is 9.59 Å². The molecule has 8 nitrogen and oxygen atoms in total. The highest BCUT2D eigenvalue weighted by molar-refractivity contribution is 8.14. The van der Waals surface area contributed by atoms with Crippen molar-refractivity contribution in [2.75, 3.05) is 13.2 Å². The second-order valence-electron chi connectivity index (χ2n) is 17.9. The summed E-state index contributed by atoms with van der Waals surface area (Å²) in [5.41, 5.74) is 1.47. The van der Waals surface area contributed by atoms with Crippen LogP contribution in [0, 0.1) is 0 Å². The fourth-order valence-corrected chi connectivity index (χ4v) is 9.36. The number of hydrogen-bond donors (Lipinski definition) is 0. The molecule has 0 aliphatic heterocycles. The van der Waals surface area contributed by atoms with Crippen molar-refractivity contribution in [1.82, 2.24) is 0 Å². The van der Waals surface area contributed by atoms with E-state index in [-0.39, 0.29) is 21.4 Å². The van der Waals surface area contributed by atoms with E-state index in [0.29, 0.717) is 45.6 Å². The van der Waals surface area contributed by atoms with Crippen LogP contribution < -0.4 is 18.9 Å². The number of benzene rings is 5. The molecule has 0 bridgehead atoms. The Hall–Kier alpha value is -5.32. The van der Waals surface area contributed by atoms with Gasteiger partial charge < -0.3 is 18.9 Å². The van der Waals surface area contributed by atoms with E-state index in [9.17, 15) is 19.2 Å². The van der Waals surface area contributed by atoms with Gasteiger partial charge in [0.15, 0.2) is 0 Å². The number of carbonyl (C=O) groups excluding carboxylic acids is 4. The van der Waals surface area contributed by atoms with Crippen LogP contribution in [0.25, 0.3) is 0 Å². The first-order valence-electron chi connectivity index (χ1n) is 26.0. The van der Waals surface area contributed by atoms with Crippen LogP contribution in [0.4, 0.5) is 0 Å². The lowest BCUT2D eigenvalue weighted by Gasteiger charge is -2.09. The molecule has 0 atom stereocenters. The summed E-state index contributed by atoms with van der Waals surface area (Å²) in [5, 5.41) is -0.217. The molecule has 0 heterocycles. The Morgan fingerprint density at radius 1 is 0.343 bits per heavy atom. The lowest BCUT2D eigenvalue weighted by Crippen LogP contribution is -2.12. The van der Waals surface area contributed by atoms with Gasteiger partial charge in [0.2, 0.25) is 10.2 Å². The van der Waals surface area contributed by atoms with Crippen LogP contribution >= 0.6 is 23.5 Å². The van der Waals surface area contributed by atoms with Crippen molar-refractivity contribution in [3.8, 4) is 23.0 Å². The minimum Gasteiger partial charge on any atom is -0.494 e. The quantitative estimate of drug-likeness (QED) is 0.0171. The Bertz CT molecular complexity index is 2120. The van der Waals surface area contributed by atoms with Gasteiger partial charge in [-0.1, -0.05) is 148 Å². The first-order valence-corrected chi connectivity index (χ1v) is 27.6. The molecular weight excluding hydrogens is 913 g/mol. The van der Waals surface area contributed by atoms with E-state index in [4.69, 9.17) is 18.9 Å². The second kappa shape index (κ2) is 33.3. The monoisotopic (exact) mass is 986 g/mol. The number of rotatable bonds is 34. The van der Waals surface area contributed by atoms with E-state index in [1.54, 1.807) is 91.0 Å². The van der Waals surface area contributed by atoms with Gasteiger partial charge in [-0.15, -0.1) is 0 Å². The lowest BCUT2D eigenvalue weighted by molar-refractivity contribution is 0.0734. The van der Waals surface area contributed by atoms with Gasteiger partial charge >= 0.3 is 11.9 Å². The van der Waals surface area contributed by atoms with Crippen LogP contribution in [-0.2, 0) is 0 Å². The molecule has 0 N–H and O–H groups in total. The minimum absolute atomic E-state index is 0.109. The highest BCUT2D eigenvalue weighted by Gasteiger charge is 2.16. The molecule has 5 aromatic rings. The Kier molecular flexibility index (Phi) is 26.5. The molecule has 0 aliphatic carbocycles. The number of carbonyl (C=O) groups is 4. The number of unbranched alkanes of at least 4 members (excludes halogenated alkanes) is 20. The SMILES string of the molecule is CCCCCCCCCCCCCOc1ccc(C(=O)Sc2ccc(OC(=O)c3cccc(C(=O)Oc4ccc(SC(=O)c5ccc(OCCCCCCCCCCCCC)cc5)cc4)c3)cc2)cc1. The predicted octanol–water partition coefficient (Wildman–Crippen LogP) is 17.4. The van der Waals surface area contributed by atoms with Crippen molar-refractivity contribution in [3.63, 3.8) is 0 Å². The van der Waals surface area contributed by atoms with E-state index < -0.39 is 11.9 Å². The number of esters is 2. The Balaban J connectivity index is 0.960. The lowest BCUT2D eigenvalue weighted by atomic mass is 10.1. The van der Waals surface area contributed by atoms with Crippen LogP contribution in [0.2, 0.25) is 0 Å². The van der Waals surface area contributed by atoms with Gasteiger partial charge in [0, 0.05) is 20.9 Å². The molecule has 0 saturated carbocycles. The van der Waals surface area contributed by atoms with E-state index in [1.165, 1.54) is 134 Å². The topological polar surface area (TPSA) is 105 Å². The maximum absolute atomic E-state index is 13.1. The van der Waals surface area contributed by atoms with Gasteiger partial charge in [-0.2, -0.15) is 0 Å². The summed E-state index contributed by atoms with van der Waals surface area (Å²) in [6, 6.07) is 33.9. The molecule has 0 amide bonds. The van der Waals surface area contributed by atoms with Crippen LogP contribution in [0.1, 0.15) is 197 Å². The van der Waals surface area contributed by atoms with Gasteiger partial charge in [0.1, 0.15) is 23.0 Å². The van der Waals surface area contributed by atoms with Crippen molar-refractivity contribution in [2.24, 2.45) is 0 Å². The first kappa shape index (κ1) is 55.6. The molecule has 0 radical (unpaired) electrons. The van der Waals surface area contributed by atoms with Crippen LogP contribution in [0.15, 0.2) is 131 Å². The van der Waals surface area contributed by atoms with Crippen molar-refractivity contribution >= 4 is 45.7 Å². The van der Waals surface area contributed by atoms with Gasteiger partial charge in [-0.05, 0) is 152 Å². The molecule has 0 aromatic heterocycles. The average molecular weight is 987 g/mol. The van der Waals surface area contributed by atoms with E-state index in [2.05, 4.69) is 13.8 Å². The molecule has 0 unspecified atom stereocenters. The van der Waals surface area contributed by atoms with Gasteiger partial charge in [-0.3, -0.25) is 9.59 Å². The summed E-state index contributed by atoms with van der Waals surface area (Å²) in [5.74, 6) is 0.800. The Morgan fingerprint density at radius 2 is 0.643 bits per heavy atom. The fraction of sp³-hybridized carbons (Fsp3) is 0.433. The molecule has 0 saturated heterocycles. The summed E-state index contributed by atoms with van der Waals surface area (Å²) in [6.07, 6.45) is 28.4. The largest absolute Gasteiger partial charge is 0.494 e. The highest BCUT2D eigenvalue weighted by atomic mass is 32.2. The van der Waals surface area contributed by atoms with Crippen molar-refractivity contribution < 1.29 is 38.1 Å². The fourth-order valence-electron chi connectivity index (χ4n) is 7.88.